The molecule has 0 saturated heterocycles. The molecule has 1 heterocycles. The average Bonchev–Trinajstić information content (AvgIpc) is 2.86. The third-order valence-electron chi connectivity index (χ3n) is 6.42. The van der Waals surface area contributed by atoms with Crippen LogP contribution in [0.25, 0.3) is 22.4 Å². The number of nitriles is 1. The van der Waals surface area contributed by atoms with Gasteiger partial charge in [-0.2, -0.15) is 5.26 Å². The molecule has 0 spiro atoms. The average molecular weight is 533 g/mol. The van der Waals surface area contributed by atoms with E-state index in [1.54, 1.807) is 12.1 Å². The number of ether oxygens (including phenoxy) is 1. The molecule has 0 aliphatic rings. The standard InChI is InChI=1S/C31H37ClN4O2/c1-21-10-7-8-11-23(21)24-13-15-26(30(37)35-28(16-17-33)31(2,3)4)34-29(24)22-12-14-25(32)27(20-22)38-19-9-18-36(5)6/h7-8,10-15,20,28H,9,16,18-19H2,1-6H3,(H,35,37). The number of amides is 1. The van der Waals surface area contributed by atoms with E-state index in [2.05, 4.69) is 29.3 Å². The van der Waals surface area contributed by atoms with Gasteiger partial charge < -0.3 is 15.0 Å². The Hall–Kier alpha value is -3.40. The summed E-state index contributed by atoms with van der Waals surface area (Å²) in [6.07, 6.45) is 1.09. The highest BCUT2D eigenvalue weighted by Crippen LogP contribution is 2.36. The van der Waals surface area contributed by atoms with Crippen LogP contribution in [0.3, 0.4) is 0 Å². The van der Waals surface area contributed by atoms with Crippen molar-refractivity contribution in [3.05, 3.63) is 70.9 Å². The Morgan fingerprint density at radius 2 is 1.87 bits per heavy atom. The fraction of sp³-hybridized carbons (Fsp3) is 0.387. The first-order valence-electron chi connectivity index (χ1n) is 12.8. The highest BCUT2D eigenvalue weighted by molar-refractivity contribution is 6.32. The molecule has 3 rings (SSSR count). The molecule has 6 nitrogen and oxygen atoms in total. The van der Waals surface area contributed by atoms with E-state index in [0.29, 0.717) is 23.1 Å². The summed E-state index contributed by atoms with van der Waals surface area (Å²) < 4.78 is 6.02. The molecule has 38 heavy (non-hydrogen) atoms. The normalized spacial score (nSPS) is 12.2. The number of benzene rings is 2. The molecule has 1 aromatic heterocycles. The molecular weight excluding hydrogens is 496 g/mol. The Morgan fingerprint density at radius 3 is 2.53 bits per heavy atom. The van der Waals surface area contributed by atoms with E-state index < -0.39 is 0 Å². The van der Waals surface area contributed by atoms with Crippen LogP contribution in [-0.4, -0.2) is 49.1 Å². The summed E-state index contributed by atoms with van der Waals surface area (Å²) in [5, 5.41) is 12.8. The highest BCUT2D eigenvalue weighted by Gasteiger charge is 2.27. The van der Waals surface area contributed by atoms with Crippen LogP contribution in [0.2, 0.25) is 5.02 Å². The van der Waals surface area contributed by atoms with Crippen molar-refractivity contribution in [2.75, 3.05) is 27.2 Å². The monoisotopic (exact) mass is 532 g/mol. The number of aromatic nitrogens is 1. The van der Waals surface area contributed by atoms with Crippen LogP contribution < -0.4 is 10.1 Å². The molecule has 0 aliphatic heterocycles. The van der Waals surface area contributed by atoms with Gasteiger partial charge in [-0.05, 0) is 68.2 Å². The molecule has 2 aromatic carbocycles. The van der Waals surface area contributed by atoms with Crippen molar-refractivity contribution in [1.82, 2.24) is 15.2 Å². The lowest BCUT2D eigenvalue weighted by atomic mass is 9.85. The zero-order valence-electron chi connectivity index (χ0n) is 23.1. The first kappa shape index (κ1) is 29.2. The van der Waals surface area contributed by atoms with Crippen LogP contribution in [0.5, 0.6) is 5.75 Å². The fourth-order valence-corrected chi connectivity index (χ4v) is 4.29. The number of carbonyl (C=O) groups is 1. The Morgan fingerprint density at radius 1 is 1.13 bits per heavy atom. The fourth-order valence-electron chi connectivity index (χ4n) is 4.12. The van der Waals surface area contributed by atoms with Gasteiger partial charge in [-0.25, -0.2) is 4.98 Å². The maximum atomic E-state index is 13.3. The lowest BCUT2D eigenvalue weighted by Gasteiger charge is -2.29. The van der Waals surface area contributed by atoms with Crippen molar-refractivity contribution in [3.63, 3.8) is 0 Å². The smallest absolute Gasteiger partial charge is 0.270 e. The SMILES string of the molecule is Cc1ccccc1-c1ccc(C(=O)NC(CC#N)C(C)(C)C)nc1-c1ccc(Cl)c(OCCCN(C)C)c1. The Kier molecular flexibility index (Phi) is 9.90. The Bertz CT molecular complexity index is 1310. The highest BCUT2D eigenvalue weighted by atomic mass is 35.5. The van der Waals surface area contributed by atoms with Crippen LogP contribution in [0.4, 0.5) is 0 Å². The van der Waals surface area contributed by atoms with E-state index in [0.717, 1.165) is 35.2 Å². The maximum absolute atomic E-state index is 13.3. The van der Waals surface area contributed by atoms with Crippen molar-refractivity contribution in [2.24, 2.45) is 5.41 Å². The van der Waals surface area contributed by atoms with E-state index in [9.17, 15) is 10.1 Å². The van der Waals surface area contributed by atoms with Crippen LogP contribution in [0.1, 0.15) is 49.7 Å². The largest absolute Gasteiger partial charge is 0.492 e. The van der Waals surface area contributed by atoms with Gasteiger partial charge in [-0.1, -0.05) is 62.7 Å². The number of aryl methyl sites for hydroxylation is 1. The third kappa shape index (κ3) is 7.56. The van der Waals surface area contributed by atoms with Gasteiger partial charge in [0.2, 0.25) is 0 Å². The van der Waals surface area contributed by atoms with Crippen molar-refractivity contribution in [1.29, 1.82) is 5.26 Å². The summed E-state index contributed by atoms with van der Waals surface area (Å²) in [5.74, 6) is 0.268. The van der Waals surface area contributed by atoms with Gasteiger partial charge in [-0.3, -0.25) is 4.79 Å². The molecule has 7 heteroatoms. The predicted molar refractivity (Wildman–Crippen MR) is 154 cm³/mol. The van der Waals surface area contributed by atoms with Gasteiger partial charge in [0.05, 0.1) is 29.8 Å². The molecule has 1 amide bonds. The number of rotatable bonds is 10. The number of halogens is 1. The molecule has 1 unspecified atom stereocenters. The van der Waals surface area contributed by atoms with Gasteiger partial charge in [0, 0.05) is 23.7 Å². The summed E-state index contributed by atoms with van der Waals surface area (Å²) in [5.41, 5.74) is 4.51. The van der Waals surface area contributed by atoms with Gasteiger partial charge in [0.25, 0.3) is 5.91 Å². The summed E-state index contributed by atoms with van der Waals surface area (Å²) >= 11 is 6.47. The van der Waals surface area contributed by atoms with Crippen molar-refractivity contribution < 1.29 is 9.53 Å². The van der Waals surface area contributed by atoms with Gasteiger partial charge in [-0.15, -0.1) is 0 Å². The van der Waals surface area contributed by atoms with E-state index in [1.807, 2.05) is 71.3 Å². The number of hydrogen-bond donors (Lipinski definition) is 1. The molecule has 1 atom stereocenters. The van der Waals surface area contributed by atoms with Crippen LogP contribution in [0.15, 0.2) is 54.6 Å². The zero-order valence-corrected chi connectivity index (χ0v) is 23.9. The molecule has 200 valence electrons. The molecule has 1 N–H and O–H groups in total. The molecule has 3 aromatic rings. The second-order valence-electron chi connectivity index (χ2n) is 10.8. The Balaban J connectivity index is 2.04. The molecule has 0 aliphatic carbocycles. The second-order valence-corrected chi connectivity index (χ2v) is 11.2. The predicted octanol–water partition coefficient (Wildman–Crippen LogP) is 6.77. The van der Waals surface area contributed by atoms with Crippen molar-refractivity contribution in [2.45, 2.75) is 46.6 Å². The van der Waals surface area contributed by atoms with E-state index in [-0.39, 0.29) is 29.5 Å². The Labute approximate surface area is 231 Å². The number of carbonyl (C=O) groups excluding carboxylic acids is 1. The first-order chi connectivity index (χ1) is 18.0. The van der Waals surface area contributed by atoms with Crippen LogP contribution >= 0.6 is 11.6 Å². The second kappa shape index (κ2) is 12.9. The summed E-state index contributed by atoms with van der Waals surface area (Å²) in [6.45, 7) is 9.51. The van der Waals surface area contributed by atoms with Gasteiger partial charge in [0.15, 0.2) is 0 Å². The maximum Gasteiger partial charge on any atom is 0.270 e. The number of nitrogens with zero attached hydrogens (tertiary/aromatic N) is 3. The summed E-state index contributed by atoms with van der Waals surface area (Å²) in [6, 6.07) is 19.2. The van der Waals surface area contributed by atoms with Crippen molar-refractivity contribution >= 4 is 17.5 Å². The number of pyridine rings is 1. The quantitative estimate of drug-likeness (QED) is 0.292. The zero-order chi connectivity index (χ0) is 27.9. The van der Waals surface area contributed by atoms with Gasteiger partial charge in [0.1, 0.15) is 11.4 Å². The van der Waals surface area contributed by atoms with Crippen LogP contribution in [0, 0.1) is 23.7 Å². The first-order valence-corrected chi connectivity index (χ1v) is 13.2. The lowest BCUT2D eigenvalue weighted by molar-refractivity contribution is 0.0899. The van der Waals surface area contributed by atoms with Crippen LogP contribution in [-0.2, 0) is 0 Å². The minimum Gasteiger partial charge on any atom is -0.492 e. The minimum atomic E-state index is -0.313. The number of nitrogens with one attached hydrogen (secondary N) is 1. The van der Waals surface area contributed by atoms with Crippen molar-refractivity contribution in [3.8, 4) is 34.2 Å². The lowest BCUT2D eigenvalue weighted by Crippen LogP contribution is -2.43. The third-order valence-corrected chi connectivity index (χ3v) is 6.73. The number of hydrogen-bond acceptors (Lipinski definition) is 5. The van der Waals surface area contributed by atoms with E-state index in [4.69, 9.17) is 21.3 Å². The van der Waals surface area contributed by atoms with Gasteiger partial charge >= 0.3 is 0 Å². The summed E-state index contributed by atoms with van der Waals surface area (Å²) in [4.78, 5) is 20.2. The topological polar surface area (TPSA) is 78.2 Å². The minimum absolute atomic E-state index is 0.217. The summed E-state index contributed by atoms with van der Waals surface area (Å²) in [7, 11) is 4.05. The molecule has 0 bridgehead atoms. The molecule has 0 saturated carbocycles. The molecule has 0 fully saturated rings. The van der Waals surface area contributed by atoms with E-state index >= 15 is 0 Å². The molecular formula is C31H37ClN4O2. The van der Waals surface area contributed by atoms with E-state index in [1.165, 1.54) is 0 Å². The molecule has 0 radical (unpaired) electrons.